The normalized spacial score (nSPS) is 10.3. The van der Waals surface area contributed by atoms with Crippen molar-refractivity contribution in [3.63, 3.8) is 0 Å². The molecule has 0 aromatic heterocycles. The molecular formula is C20H22N2O5. The average Bonchev–Trinajstić information content (AvgIpc) is 2.69. The summed E-state index contributed by atoms with van der Waals surface area (Å²) < 4.78 is 15.7. The van der Waals surface area contributed by atoms with E-state index in [2.05, 4.69) is 10.9 Å². The fourth-order valence-electron chi connectivity index (χ4n) is 2.12. The first kappa shape index (κ1) is 19.8. The Hall–Kier alpha value is -3.48. The van der Waals surface area contributed by atoms with E-state index in [0.29, 0.717) is 17.2 Å². The third kappa shape index (κ3) is 6.39. The zero-order valence-electron chi connectivity index (χ0n) is 15.4. The maximum Gasteiger partial charge on any atom is 0.276 e. The van der Waals surface area contributed by atoms with Gasteiger partial charge in [0, 0.05) is 6.08 Å². The van der Waals surface area contributed by atoms with E-state index in [0.717, 1.165) is 11.1 Å². The van der Waals surface area contributed by atoms with Crippen LogP contribution in [-0.4, -0.2) is 32.6 Å². The number of hydrogen-bond acceptors (Lipinski definition) is 5. The summed E-state index contributed by atoms with van der Waals surface area (Å²) in [4.78, 5) is 23.5. The minimum Gasteiger partial charge on any atom is -0.493 e. The van der Waals surface area contributed by atoms with Crippen LogP contribution in [0, 0.1) is 6.92 Å². The minimum atomic E-state index is -0.478. The zero-order valence-corrected chi connectivity index (χ0v) is 15.4. The Morgan fingerprint density at radius 2 is 1.67 bits per heavy atom. The summed E-state index contributed by atoms with van der Waals surface area (Å²) >= 11 is 0. The van der Waals surface area contributed by atoms with Gasteiger partial charge in [-0.05, 0) is 42.8 Å². The van der Waals surface area contributed by atoms with Crippen molar-refractivity contribution in [2.24, 2.45) is 0 Å². The van der Waals surface area contributed by atoms with Crippen LogP contribution in [0.15, 0.2) is 48.5 Å². The number of ether oxygens (including phenoxy) is 3. The lowest BCUT2D eigenvalue weighted by molar-refractivity contribution is -0.128. The van der Waals surface area contributed by atoms with E-state index in [1.165, 1.54) is 13.2 Å². The molecule has 2 rings (SSSR count). The lowest BCUT2D eigenvalue weighted by atomic mass is 10.2. The van der Waals surface area contributed by atoms with Crippen molar-refractivity contribution in [2.45, 2.75) is 6.92 Å². The monoisotopic (exact) mass is 370 g/mol. The maximum absolute atomic E-state index is 11.8. The summed E-state index contributed by atoms with van der Waals surface area (Å²) in [6, 6.07) is 12.6. The Kier molecular flexibility index (Phi) is 7.25. The Balaban J connectivity index is 1.78. The number of aryl methyl sites for hydroxylation is 1. The Morgan fingerprint density at radius 1 is 0.963 bits per heavy atom. The third-order valence-corrected chi connectivity index (χ3v) is 3.55. The van der Waals surface area contributed by atoms with Crippen LogP contribution < -0.4 is 25.1 Å². The second-order valence-electron chi connectivity index (χ2n) is 5.59. The molecule has 2 aromatic rings. The molecule has 0 unspecified atom stereocenters. The van der Waals surface area contributed by atoms with Gasteiger partial charge in [0.25, 0.3) is 11.8 Å². The van der Waals surface area contributed by atoms with Gasteiger partial charge in [0.05, 0.1) is 14.2 Å². The second-order valence-corrected chi connectivity index (χ2v) is 5.59. The van der Waals surface area contributed by atoms with Gasteiger partial charge in [-0.2, -0.15) is 0 Å². The standard InChI is InChI=1S/C20H22N2O5/c1-14-4-8-16(9-5-14)27-13-20(24)22-21-19(23)11-7-15-6-10-17(25-2)18(12-15)26-3/h4-12H,13H2,1-3H3,(H,21,23)(H,22,24). The Bertz CT molecular complexity index is 816. The largest absolute Gasteiger partial charge is 0.493 e. The third-order valence-electron chi connectivity index (χ3n) is 3.55. The van der Waals surface area contributed by atoms with Gasteiger partial charge in [-0.25, -0.2) is 0 Å². The number of carbonyl (C=O) groups excluding carboxylic acids is 2. The van der Waals surface area contributed by atoms with Crippen molar-refractivity contribution in [3.05, 3.63) is 59.7 Å². The molecule has 0 aliphatic rings. The number of amides is 2. The highest BCUT2D eigenvalue weighted by atomic mass is 16.5. The van der Waals surface area contributed by atoms with E-state index in [9.17, 15) is 9.59 Å². The molecule has 0 saturated heterocycles. The van der Waals surface area contributed by atoms with Gasteiger partial charge >= 0.3 is 0 Å². The summed E-state index contributed by atoms with van der Waals surface area (Å²) in [6.45, 7) is 1.75. The highest BCUT2D eigenvalue weighted by molar-refractivity contribution is 5.93. The summed E-state index contributed by atoms with van der Waals surface area (Å²) in [7, 11) is 3.08. The molecule has 0 spiro atoms. The van der Waals surface area contributed by atoms with Crippen LogP contribution >= 0.6 is 0 Å². The molecule has 7 heteroatoms. The van der Waals surface area contributed by atoms with Gasteiger partial charge < -0.3 is 14.2 Å². The first-order valence-corrected chi connectivity index (χ1v) is 8.20. The molecule has 27 heavy (non-hydrogen) atoms. The number of nitrogens with one attached hydrogen (secondary N) is 2. The van der Waals surface area contributed by atoms with E-state index in [1.54, 1.807) is 43.5 Å². The van der Waals surface area contributed by atoms with Gasteiger partial charge in [-0.1, -0.05) is 23.8 Å². The number of benzene rings is 2. The van der Waals surface area contributed by atoms with E-state index < -0.39 is 11.8 Å². The van der Waals surface area contributed by atoms with Gasteiger partial charge in [0.1, 0.15) is 5.75 Å². The van der Waals surface area contributed by atoms with Gasteiger partial charge in [-0.15, -0.1) is 0 Å². The lowest BCUT2D eigenvalue weighted by Gasteiger charge is -2.08. The highest BCUT2D eigenvalue weighted by Gasteiger charge is 2.05. The quantitative estimate of drug-likeness (QED) is 0.577. The molecule has 0 heterocycles. The maximum atomic E-state index is 11.8. The molecule has 0 aliphatic heterocycles. The van der Waals surface area contributed by atoms with Crippen LogP contribution in [0.3, 0.4) is 0 Å². The summed E-state index contributed by atoms with van der Waals surface area (Å²) in [5.41, 5.74) is 6.41. The zero-order chi connectivity index (χ0) is 19.6. The van der Waals surface area contributed by atoms with Crippen LogP contribution in [0.5, 0.6) is 17.2 Å². The molecule has 0 aliphatic carbocycles. The predicted octanol–water partition coefficient (Wildman–Crippen LogP) is 2.25. The van der Waals surface area contributed by atoms with Crippen LogP contribution in [0.2, 0.25) is 0 Å². The van der Waals surface area contributed by atoms with Crippen molar-refractivity contribution in [2.75, 3.05) is 20.8 Å². The second kappa shape index (κ2) is 9.86. The van der Waals surface area contributed by atoms with Crippen LogP contribution in [0.1, 0.15) is 11.1 Å². The van der Waals surface area contributed by atoms with Crippen molar-refractivity contribution in [1.82, 2.24) is 10.9 Å². The molecular weight excluding hydrogens is 348 g/mol. The first-order chi connectivity index (χ1) is 13.0. The van der Waals surface area contributed by atoms with Gasteiger partial charge in [-0.3, -0.25) is 20.4 Å². The van der Waals surface area contributed by atoms with Gasteiger partial charge in [0.15, 0.2) is 18.1 Å². The molecule has 142 valence electrons. The van der Waals surface area contributed by atoms with Crippen LogP contribution in [0.4, 0.5) is 0 Å². The fourth-order valence-corrected chi connectivity index (χ4v) is 2.12. The average molecular weight is 370 g/mol. The SMILES string of the molecule is COc1ccc(C=CC(=O)NNC(=O)COc2ccc(C)cc2)cc1OC. The number of hydrazine groups is 1. The number of hydrogen-bond donors (Lipinski definition) is 2. The molecule has 7 nitrogen and oxygen atoms in total. The lowest BCUT2D eigenvalue weighted by Crippen LogP contribution is -2.43. The Labute approximate surface area is 157 Å². The van der Waals surface area contributed by atoms with Crippen LogP contribution in [-0.2, 0) is 9.59 Å². The van der Waals surface area contributed by atoms with Crippen molar-refractivity contribution in [1.29, 1.82) is 0 Å². The predicted molar refractivity (Wildman–Crippen MR) is 102 cm³/mol. The van der Waals surface area contributed by atoms with Crippen molar-refractivity contribution in [3.8, 4) is 17.2 Å². The molecule has 0 fully saturated rings. The molecule has 2 N–H and O–H groups in total. The van der Waals surface area contributed by atoms with E-state index in [4.69, 9.17) is 14.2 Å². The molecule has 0 atom stereocenters. The fraction of sp³-hybridized carbons (Fsp3) is 0.200. The molecule has 0 bridgehead atoms. The van der Waals surface area contributed by atoms with Crippen LogP contribution in [0.25, 0.3) is 6.08 Å². The van der Waals surface area contributed by atoms with Crippen molar-refractivity contribution >= 4 is 17.9 Å². The van der Waals surface area contributed by atoms with E-state index in [1.807, 2.05) is 19.1 Å². The number of methoxy groups -OCH3 is 2. The topological polar surface area (TPSA) is 85.9 Å². The molecule has 0 saturated carbocycles. The number of carbonyl (C=O) groups is 2. The summed E-state index contributed by atoms with van der Waals surface area (Å²) in [5, 5.41) is 0. The minimum absolute atomic E-state index is 0.206. The Morgan fingerprint density at radius 3 is 2.33 bits per heavy atom. The first-order valence-electron chi connectivity index (χ1n) is 8.20. The summed E-state index contributed by atoms with van der Waals surface area (Å²) in [5.74, 6) is 0.786. The molecule has 2 amide bonds. The van der Waals surface area contributed by atoms with Crippen molar-refractivity contribution < 1.29 is 23.8 Å². The molecule has 0 radical (unpaired) electrons. The van der Waals surface area contributed by atoms with Gasteiger partial charge in [0.2, 0.25) is 0 Å². The van der Waals surface area contributed by atoms with E-state index >= 15 is 0 Å². The highest BCUT2D eigenvalue weighted by Crippen LogP contribution is 2.27. The number of rotatable bonds is 7. The smallest absolute Gasteiger partial charge is 0.276 e. The summed E-state index contributed by atoms with van der Waals surface area (Å²) in [6.07, 6.45) is 2.88. The molecule has 2 aromatic carbocycles. The van der Waals surface area contributed by atoms with E-state index in [-0.39, 0.29) is 6.61 Å².